The third kappa shape index (κ3) is 2.23. The molecule has 96 valence electrons. The highest BCUT2D eigenvalue weighted by atomic mass is 14.2. The molecule has 0 unspecified atom stereocenters. The molecular weight excluding hydrogens is 228 g/mol. The van der Waals surface area contributed by atoms with E-state index in [9.17, 15) is 0 Å². The van der Waals surface area contributed by atoms with Gasteiger partial charge in [-0.05, 0) is 47.1 Å². The van der Waals surface area contributed by atoms with E-state index in [0.29, 0.717) is 5.92 Å². The largest absolute Gasteiger partial charge is 0.0683 e. The molecule has 0 radical (unpaired) electrons. The van der Waals surface area contributed by atoms with Crippen LogP contribution in [0.2, 0.25) is 0 Å². The molecule has 0 aromatic heterocycles. The first-order valence-electron chi connectivity index (χ1n) is 7.04. The Kier molecular flexibility index (Phi) is 3.02. The fourth-order valence-corrected chi connectivity index (χ4v) is 2.85. The summed E-state index contributed by atoms with van der Waals surface area (Å²) in [6, 6.07) is 15.5. The number of hydrogen-bond donors (Lipinski definition) is 0. The summed E-state index contributed by atoms with van der Waals surface area (Å²) in [6.45, 7) is 6.76. The molecule has 1 aliphatic rings. The number of hydrogen-bond acceptors (Lipinski definition) is 0. The molecule has 0 bridgehead atoms. The molecule has 0 heteroatoms. The predicted molar refractivity (Wildman–Crippen MR) is 83.3 cm³/mol. The zero-order valence-electron chi connectivity index (χ0n) is 11.9. The molecule has 2 aromatic rings. The van der Waals surface area contributed by atoms with E-state index in [4.69, 9.17) is 0 Å². The van der Waals surface area contributed by atoms with Crippen molar-refractivity contribution in [2.45, 2.75) is 33.1 Å². The highest BCUT2D eigenvalue weighted by Gasteiger charge is 2.17. The lowest BCUT2D eigenvalue weighted by Crippen LogP contribution is -1.95. The summed E-state index contributed by atoms with van der Waals surface area (Å²) in [4.78, 5) is 0. The van der Waals surface area contributed by atoms with E-state index in [0.717, 1.165) is 6.42 Å². The lowest BCUT2D eigenvalue weighted by Gasteiger charge is -2.14. The Balaban J connectivity index is 2.21. The van der Waals surface area contributed by atoms with Crippen molar-refractivity contribution < 1.29 is 0 Å². The van der Waals surface area contributed by atoms with Crippen LogP contribution >= 0.6 is 0 Å². The molecule has 3 rings (SSSR count). The highest BCUT2D eigenvalue weighted by Crippen LogP contribution is 2.36. The monoisotopic (exact) mass is 248 g/mol. The first kappa shape index (κ1) is 12.2. The summed E-state index contributed by atoms with van der Waals surface area (Å²) in [5.74, 6) is 0.571. The van der Waals surface area contributed by atoms with Crippen molar-refractivity contribution >= 4 is 6.08 Å². The van der Waals surface area contributed by atoms with Crippen LogP contribution in [0.25, 0.3) is 17.2 Å². The Morgan fingerprint density at radius 2 is 1.74 bits per heavy atom. The van der Waals surface area contributed by atoms with Gasteiger partial charge in [0.1, 0.15) is 0 Å². The van der Waals surface area contributed by atoms with Gasteiger partial charge >= 0.3 is 0 Å². The van der Waals surface area contributed by atoms with Gasteiger partial charge in [0, 0.05) is 0 Å². The Morgan fingerprint density at radius 3 is 2.42 bits per heavy atom. The zero-order chi connectivity index (χ0) is 13.4. The van der Waals surface area contributed by atoms with Gasteiger partial charge < -0.3 is 0 Å². The van der Waals surface area contributed by atoms with Gasteiger partial charge in [0.05, 0.1) is 0 Å². The number of allylic oxidation sites excluding steroid dienone is 1. The Labute approximate surface area is 115 Å². The first-order valence-corrected chi connectivity index (χ1v) is 7.04. The molecule has 0 nitrogen and oxygen atoms in total. The maximum atomic E-state index is 2.38. The van der Waals surface area contributed by atoms with Crippen LogP contribution in [0.5, 0.6) is 0 Å². The number of benzene rings is 2. The van der Waals surface area contributed by atoms with Crippen LogP contribution in [0, 0.1) is 0 Å². The molecule has 0 heterocycles. The second-order valence-corrected chi connectivity index (χ2v) is 5.82. The Hall–Kier alpha value is -1.82. The topological polar surface area (TPSA) is 0 Å². The van der Waals surface area contributed by atoms with Crippen LogP contribution in [-0.2, 0) is 6.42 Å². The summed E-state index contributed by atoms with van der Waals surface area (Å²) in [5, 5.41) is 0. The fraction of sp³-hybridized carbons (Fsp3) is 0.263. The normalized spacial score (nSPS) is 13.6. The molecular formula is C19H20. The van der Waals surface area contributed by atoms with Crippen molar-refractivity contribution in [1.29, 1.82) is 0 Å². The van der Waals surface area contributed by atoms with Crippen molar-refractivity contribution in [3.8, 4) is 11.1 Å². The Morgan fingerprint density at radius 1 is 1.00 bits per heavy atom. The molecule has 0 saturated heterocycles. The van der Waals surface area contributed by atoms with E-state index in [-0.39, 0.29) is 0 Å². The molecule has 0 saturated carbocycles. The smallest absolute Gasteiger partial charge is 0.00544 e. The molecule has 0 aliphatic heterocycles. The van der Waals surface area contributed by atoms with E-state index in [2.05, 4.69) is 69.3 Å². The van der Waals surface area contributed by atoms with Gasteiger partial charge in [0.15, 0.2) is 0 Å². The number of fused-ring (bicyclic) bond motifs is 1. The van der Waals surface area contributed by atoms with Crippen LogP contribution in [0.4, 0.5) is 0 Å². The molecule has 2 aromatic carbocycles. The quantitative estimate of drug-likeness (QED) is 0.664. The van der Waals surface area contributed by atoms with E-state index < -0.39 is 0 Å². The predicted octanol–water partition coefficient (Wildman–Crippen LogP) is 5.44. The number of rotatable bonds is 2. The van der Waals surface area contributed by atoms with Gasteiger partial charge in [0.25, 0.3) is 0 Å². The average molecular weight is 248 g/mol. The first-order chi connectivity index (χ1) is 9.15. The van der Waals surface area contributed by atoms with E-state index in [1.165, 1.54) is 33.4 Å². The van der Waals surface area contributed by atoms with E-state index in [1.54, 1.807) is 0 Å². The van der Waals surface area contributed by atoms with E-state index >= 15 is 0 Å². The second-order valence-electron chi connectivity index (χ2n) is 5.82. The molecule has 19 heavy (non-hydrogen) atoms. The summed E-state index contributed by atoms with van der Waals surface area (Å²) in [5.41, 5.74) is 8.56. The maximum Gasteiger partial charge on any atom is -0.00544 e. The van der Waals surface area contributed by atoms with Crippen LogP contribution < -0.4 is 0 Å². The standard InChI is InChI=1S/C19H20/c1-13(2)16-11-17-9-14(3)10-18(17)19(12-16)15-7-5-4-6-8-15/h4-9,11-13H,10H2,1-3H3. The molecule has 0 amide bonds. The molecule has 0 spiro atoms. The van der Waals surface area contributed by atoms with Crippen molar-refractivity contribution in [1.82, 2.24) is 0 Å². The van der Waals surface area contributed by atoms with Crippen LogP contribution in [0.3, 0.4) is 0 Å². The molecule has 0 atom stereocenters. The van der Waals surface area contributed by atoms with Crippen LogP contribution in [0.1, 0.15) is 43.4 Å². The summed E-state index contributed by atoms with van der Waals surface area (Å²) in [6.07, 6.45) is 3.44. The average Bonchev–Trinajstić information content (AvgIpc) is 2.78. The van der Waals surface area contributed by atoms with Gasteiger partial charge in [-0.25, -0.2) is 0 Å². The second kappa shape index (κ2) is 4.70. The van der Waals surface area contributed by atoms with E-state index in [1.807, 2.05) is 0 Å². The van der Waals surface area contributed by atoms with Gasteiger partial charge in [0.2, 0.25) is 0 Å². The Bertz CT molecular complexity index is 631. The summed E-state index contributed by atoms with van der Waals surface area (Å²) in [7, 11) is 0. The third-order valence-corrected chi connectivity index (χ3v) is 3.92. The minimum atomic E-state index is 0.571. The zero-order valence-corrected chi connectivity index (χ0v) is 11.9. The van der Waals surface area contributed by atoms with Gasteiger partial charge in [-0.2, -0.15) is 0 Å². The minimum Gasteiger partial charge on any atom is -0.0683 e. The van der Waals surface area contributed by atoms with Crippen LogP contribution in [-0.4, -0.2) is 0 Å². The molecule has 0 fully saturated rings. The lowest BCUT2D eigenvalue weighted by atomic mass is 9.90. The summed E-state index contributed by atoms with van der Waals surface area (Å²) >= 11 is 0. The highest BCUT2D eigenvalue weighted by molar-refractivity contribution is 5.78. The van der Waals surface area contributed by atoms with Gasteiger partial charge in [-0.15, -0.1) is 0 Å². The SMILES string of the molecule is CC1=Cc2cc(C(C)C)cc(-c3ccccc3)c2C1. The molecule has 1 aliphatic carbocycles. The van der Waals surface area contributed by atoms with Gasteiger partial charge in [-0.1, -0.05) is 68.0 Å². The van der Waals surface area contributed by atoms with Crippen molar-refractivity contribution in [3.63, 3.8) is 0 Å². The fourth-order valence-electron chi connectivity index (χ4n) is 2.85. The van der Waals surface area contributed by atoms with Crippen LogP contribution in [0.15, 0.2) is 48.0 Å². The minimum absolute atomic E-state index is 0.571. The molecule has 0 N–H and O–H groups in total. The van der Waals surface area contributed by atoms with Crippen molar-refractivity contribution in [2.24, 2.45) is 0 Å². The van der Waals surface area contributed by atoms with Crippen molar-refractivity contribution in [2.75, 3.05) is 0 Å². The maximum absolute atomic E-state index is 2.38. The third-order valence-electron chi connectivity index (χ3n) is 3.92. The lowest BCUT2D eigenvalue weighted by molar-refractivity contribution is 0.866. The van der Waals surface area contributed by atoms with Gasteiger partial charge in [-0.3, -0.25) is 0 Å². The van der Waals surface area contributed by atoms with Crippen molar-refractivity contribution in [3.05, 3.63) is 64.7 Å². The summed E-state index contributed by atoms with van der Waals surface area (Å²) < 4.78 is 0.